The number of ether oxygens (including phenoxy) is 1. The van der Waals surface area contributed by atoms with Crippen molar-refractivity contribution in [3.63, 3.8) is 0 Å². The standard InChI is InChI=1S/C20H27N5O2/c1-14(2)24-20(26)17-7-5-6-8-18(17)23-10-9-19(25(3)21)15-11-16(27-4)13-22-12-15/h5-9,11-14,23H,10,21H2,1-4H3,(H,24,26)/b19-9-. The molecule has 0 fully saturated rings. The topological polar surface area (TPSA) is 92.5 Å². The van der Waals surface area contributed by atoms with Crippen LogP contribution >= 0.6 is 0 Å². The lowest BCUT2D eigenvalue weighted by Crippen LogP contribution is -2.30. The van der Waals surface area contributed by atoms with Gasteiger partial charge in [0.15, 0.2) is 0 Å². The maximum absolute atomic E-state index is 12.4. The Morgan fingerprint density at radius 3 is 2.74 bits per heavy atom. The number of carbonyl (C=O) groups is 1. The molecule has 27 heavy (non-hydrogen) atoms. The average Bonchev–Trinajstić information content (AvgIpc) is 2.64. The number of nitrogens with two attached hydrogens (primary N) is 1. The van der Waals surface area contributed by atoms with Crippen molar-refractivity contribution >= 4 is 17.3 Å². The number of para-hydroxylation sites is 1. The van der Waals surface area contributed by atoms with Gasteiger partial charge in [-0.05, 0) is 38.1 Å². The molecular formula is C20H27N5O2. The van der Waals surface area contributed by atoms with Crippen molar-refractivity contribution in [1.82, 2.24) is 15.3 Å². The number of aromatic nitrogens is 1. The first kappa shape index (κ1) is 20.3. The second-order valence-electron chi connectivity index (χ2n) is 6.37. The molecule has 0 bridgehead atoms. The van der Waals surface area contributed by atoms with Gasteiger partial charge in [0.25, 0.3) is 5.91 Å². The molecule has 0 aliphatic heterocycles. The predicted octanol–water partition coefficient (Wildman–Crippen LogP) is 2.49. The molecule has 2 rings (SSSR count). The summed E-state index contributed by atoms with van der Waals surface area (Å²) in [5.74, 6) is 6.53. The van der Waals surface area contributed by atoms with Crippen LogP contribution in [0.15, 0.2) is 48.8 Å². The number of benzene rings is 1. The van der Waals surface area contributed by atoms with Gasteiger partial charge in [-0.25, -0.2) is 5.84 Å². The number of anilines is 1. The van der Waals surface area contributed by atoms with Gasteiger partial charge in [-0.3, -0.25) is 9.78 Å². The van der Waals surface area contributed by atoms with Gasteiger partial charge in [0, 0.05) is 37.1 Å². The first-order chi connectivity index (χ1) is 12.9. The number of pyridine rings is 1. The third kappa shape index (κ3) is 5.72. The highest BCUT2D eigenvalue weighted by molar-refractivity contribution is 5.99. The molecule has 0 unspecified atom stereocenters. The Morgan fingerprint density at radius 2 is 2.07 bits per heavy atom. The van der Waals surface area contributed by atoms with E-state index in [1.54, 1.807) is 32.6 Å². The Balaban J connectivity index is 2.18. The summed E-state index contributed by atoms with van der Waals surface area (Å²) in [6.07, 6.45) is 5.30. The first-order valence-electron chi connectivity index (χ1n) is 8.74. The Labute approximate surface area is 160 Å². The Morgan fingerprint density at radius 1 is 1.33 bits per heavy atom. The largest absolute Gasteiger partial charge is 0.495 e. The van der Waals surface area contributed by atoms with Crippen LogP contribution in [0.5, 0.6) is 5.75 Å². The van der Waals surface area contributed by atoms with Crippen LogP contribution in [0.3, 0.4) is 0 Å². The second kappa shape index (κ2) is 9.59. The highest BCUT2D eigenvalue weighted by Gasteiger charge is 2.12. The zero-order valence-electron chi connectivity index (χ0n) is 16.2. The van der Waals surface area contributed by atoms with Crippen molar-refractivity contribution in [3.05, 3.63) is 59.9 Å². The molecule has 0 aliphatic rings. The van der Waals surface area contributed by atoms with Crippen molar-refractivity contribution in [2.45, 2.75) is 19.9 Å². The van der Waals surface area contributed by atoms with Crippen LogP contribution in [-0.2, 0) is 0 Å². The number of hydrazine groups is 1. The van der Waals surface area contributed by atoms with Crippen LogP contribution in [0.25, 0.3) is 5.70 Å². The zero-order chi connectivity index (χ0) is 19.8. The number of nitrogens with one attached hydrogen (secondary N) is 2. The van der Waals surface area contributed by atoms with Crippen LogP contribution in [-0.4, -0.2) is 42.6 Å². The third-order valence-electron chi connectivity index (χ3n) is 3.80. The number of amides is 1. The minimum absolute atomic E-state index is 0.0727. The molecule has 1 aromatic carbocycles. The maximum atomic E-state index is 12.4. The van der Waals surface area contributed by atoms with E-state index in [9.17, 15) is 4.79 Å². The Bertz CT molecular complexity index is 802. The lowest BCUT2D eigenvalue weighted by atomic mass is 10.1. The average molecular weight is 369 g/mol. The number of rotatable bonds is 8. The van der Waals surface area contributed by atoms with Crippen molar-refractivity contribution in [2.75, 3.05) is 26.0 Å². The summed E-state index contributed by atoms with van der Waals surface area (Å²) in [7, 11) is 3.35. The van der Waals surface area contributed by atoms with E-state index in [1.165, 1.54) is 5.01 Å². The molecule has 7 heteroatoms. The van der Waals surface area contributed by atoms with Gasteiger partial charge in [-0.2, -0.15) is 0 Å². The quantitative estimate of drug-likeness (QED) is 0.489. The van der Waals surface area contributed by atoms with Crippen LogP contribution in [0, 0.1) is 0 Å². The second-order valence-corrected chi connectivity index (χ2v) is 6.37. The molecule has 0 atom stereocenters. The van der Waals surface area contributed by atoms with E-state index in [2.05, 4.69) is 15.6 Å². The molecule has 1 amide bonds. The minimum atomic E-state index is -0.106. The summed E-state index contributed by atoms with van der Waals surface area (Å²) in [5, 5.41) is 7.71. The van der Waals surface area contributed by atoms with Gasteiger partial charge in [-0.15, -0.1) is 0 Å². The van der Waals surface area contributed by atoms with Crippen LogP contribution in [0.2, 0.25) is 0 Å². The van der Waals surface area contributed by atoms with Crippen LogP contribution in [0.1, 0.15) is 29.8 Å². The van der Waals surface area contributed by atoms with E-state index in [0.29, 0.717) is 17.9 Å². The normalized spacial score (nSPS) is 11.3. The molecule has 0 aliphatic carbocycles. The highest BCUT2D eigenvalue weighted by Crippen LogP contribution is 2.20. The zero-order valence-corrected chi connectivity index (χ0v) is 16.2. The summed E-state index contributed by atoms with van der Waals surface area (Å²) in [6, 6.07) is 9.35. The minimum Gasteiger partial charge on any atom is -0.495 e. The van der Waals surface area contributed by atoms with Gasteiger partial charge in [-0.1, -0.05) is 12.1 Å². The van der Waals surface area contributed by atoms with Crippen molar-refractivity contribution in [3.8, 4) is 5.75 Å². The van der Waals surface area contributed by atoms with Gasteiger partial charge in [0.2, 0.25) is 0 Å². The van der Waals surface area contributed by atoms with Gasteiger partial charge >= 0.3 is 0 Å². The molecular weight excluding hydrogens is 342 g/mol. The summed E-state index contributed by atoms with van der Waals surface area (Å²) in [5.41, 5.74) is 2.99. The lowest BCUT2D eigenvalue weighted by Gasteiger charge is -2.18. The summed E-state index contributed by atoms with van der Waals surface area (Å²) < 4.78 is 5.22. The first-order valence-corrected chi connectivity index (χ1v) is 8.74. The molecule has 7 nitrogen and oxygen atoms in total. The monoisotopic (exact) mass is 369 g/mol. The summed E-state index contributed by atoms with van der Waals surface area (Å²) in [6.45, 7) is 4.35. The third-order valence-corrected chi connectivity index (χ3v) is 3.80. The molecule has 2 aromatic rings. The fourth-order valence-electron chi connectivity index (χ4n) is 2.57. The molecule has 0 spiro atoms. The van der Waals surface area contributed by atoms with Crippen molar-refractivity contribution in [2.24, 2.45) is 5.84 Å². The Kier molecular flexibility index (Phi) is 7.19. The number of hydrogen-bond acceptors (Lipinski definition) is 6. The summed E-state index contributed by atoms with van der Waals surface area (Å²) >= 11 is 0. The predicted molar refractivity (Wildman–Crippen MR) is 108 cm³/mol. The molecule has 1 heterocycles. The molecule has 4 N–H and O–H groups in total. The van der Waals surface area contributed by atoms with E-state index >= 15 is 0 Å². The van der Waals surface area contributed by atoms with E-state index in [1.807, 2.05) is 44.2 Å². The molecule has 1 aromatic heterocycles. The van der Waals surface area contributed by atoms with Crippen LogP contribution in [0.4, 0.5) is 5.69 Å². The van der Waals surface area contributed by atoms with Crippen molar-refractivity contribution < 1.29 is 9.53 Å². The maximum Gasteiger partial charge on any atom is 0.253 e. The molecule has 0 saturated carbocycles. The SMILES string of the molecule is COc1cncc(/C(=C/CNc2ccccc2C(=O)NC(C)C)N(C)N)c1. The van der Waals surface area contributed by atoms with Gasteiger partial charge in [0.05, 0.1) is 24.6 Å². The van der Waals surface area contributed by atoms with Crippen LogP contribution < -0.4 is 21.2 Å². The number of carbonyl (C=O) groups excluding carboxylic acids is 1. The number of methoxy groups -OCH3 is 1. The smallest absolute Gasteiger partial charge is 0.253 e. The molecule has 144 valence electrons. The molecule has 0 radical (unpaired) electrons. The summed E-state index contributed by atoms with van der Waals surface area (Å²) in [4.78, 5) is 16.5. The van der Waals surface area contributed by atoms with Gasteiger partial charge in [0.1, 0.15) is 5.75 Å². The fraction of sp³-hybridized carbons (Fsp3) is 0.300. The van der Waals surface area contributed by atoms with E-state index in [0.717, 1.165) is 16.9 Å². The Hall–Kier alpha value is -3.06. The number of hydrogen-bond donors (Lipinski definition) is 3. The van der Waals surface area contributed by atoms with E-state index < -0.39 is 0 Å². The van der Waals surface area contributed by atoms with E-state index in [4.69, 9.17) is 10.6 Å². The van der Waals surface area contributed by atoms with E-state index in [-0.39, 0.29) is 11.9 Å². The molecule has 0 saturated heterocycles. The fourth-order valence-corrected chi connectivity index (χ4v) is 2.57. The highest BCUT2D eigenvalue weighted by atomic mass is 16.5. The lowest BCUT2D eigenvalue weighted by molar-refractivity contribution is 0.0944. The van der Waals surface area contributed by atoms with Crippen molar-refractivity contribution in [1.29, 1.82) is 0 Å². The van der Waals surface area contributed by atoms with Gasteiger partial charge < -0.3 is 20.4 Å². The number of nitrogens with zero attached hydrogens (tertiary/aromatic N) is 2.